The lowest BCUT2D eigenvalue weighted by molar-refractivity contribution is -0.137. The molecule has 0 spiro atoms. The number of carbonyl (C=O) groups excluding carboxylic acids is 5. The van der Waals surface area contributed by atoms with Gasteiger partial charge in [0.2, 0.25) is 29.5 Å². The number of hydrogen-bond donors (Lipinski definition) is 10. The SMILES string of the molecule is CCNC(=O)C(N)CCCC(O)CCCC(N)C(=O)NCCCNC(=O)C(C)(CC)CC(C)(C)C(=O)NCCCNC(=O)C(N)CN. The van der Waals surface area contributed by atoms with E-state index in [4.69, 9.17) is 22.9 Å². The fraction of sp³-hybridized carbons (Fsp3) is 0.844. The normalized spacial score (nSPS) is 15.4. The largest absolute Gasteiger partial charge is 0.393 e. The van der Waals surface area contributed by atoms with Crippen LogP contribution in [0.4, 0.5) is 0 Å². The maximum atomic E-state index is 13.1. The number of aliphatic hydroxyl groups is 1. The molecule has 0 aliphatic carbocycles. The lowest BCUT2D eigenvalue weighted by Crippen LogP contribution is -2.47. The molecule has 5 atom stereocenters. The molecule has 0 aromatic carbocycles. The molecular formula is C32H65N9O6. The molecule has 15 nitrogen and oxygen atoms in total. The Bertz CT molecular complexity index is 967. The van der Waals surface area contributed by atoms with Crippen molar-refractivity contribution in [3.05, 3.63) is 0 Å². The second kappa shape index (κ2) is 23.5. The Morgan fingerprint density at radius 1 is 0.617 bits per heavy atom. The number of carbonyl (C=O) groups is 5. The van der Waals surface area contributed by atoms with Crippen LogP contribution in [-0.2, 0) is 24.0 Å². The minimum atomic E-state index is -0.812. The number of aliphatic hydroxyl groups excluding tert-OH is 1. The molecule has 0 bridgehead atoms. The molecule has 5 amide bonds. The fourth-order valence-electron chi connectivity index (χ4n) is 5.11. The number of likely N-dealkylation sites (N-methyl/N-ethyl adjacent to an activating group) is 1. The molecule has 5 unspecified atom stereocenters. The van der Waals surface area contributed by atoms with Crippen LogP contribution in [-0.4, -0.2) is 98.1 Å². The van der Waals surface area contributed by atoms with E-state index < -0.39 is 35.1 Å². The standard InChI is InChI=1S/C32H65N9O6/c1-6-32(5,21-31(3,4)29(46)40-18-10-17-39-28(45)25(36)20-33)30(47)41-19-11-16-38-27(44)24(35)15-9-13-22(42)12-8-14-23(34)26(43)37-7-2/h22-25,42H,6-21,33-36H2,1-5H3,(H,37,43)(H,38,44)(H,39,45)(H,40,46)(H,41,47). The Labute approximate surface area is 281 Å². The van der Waals surface area contributed by atoms with Crippen LogP contribution in [0, 0.1) is 10.8 Å². The number of amides is 5. The smallest absolute Gasteiger partial charge is 0.238 e. The monoisotopic (exact) mass is 672 g/mol. The summed E-state index contributed by atoms with van der Waals surface area (Å²) < 4.78 is 0. The maximum absolute atomic E-state index is 13.1. The van der Waals surface area contributed by atoms with E-state index in [1.165, 1.54) is 0 Å². The van der Waals surface area contributed by atoms with Crippen LogP contribution < -0.4 is 49.5 Å². The predicted octanol–water partition coefficient (Wildman–Crippen LogP) is -1.16. The van der Waals surface area contributed by atoms with E-state index in [9.17, 15) is 29.1 Å². The van der Waals surface area contributed by atoms with Crippen LogP contribution in [0.1, 0.15) is 98.8 Å². The van der Waals surface area contributed by atoms with Gasteiger partial charge in [-0.1, -0.05) is 27.7 Å². The molecule has 0 aromatic rings. The van der Waals surface area contributed by atoms with Crippen molar-refractivity contribution < 1.29 is 29.1 Å². The Morgan fingerprint density at radius 3 is 1.49 bits per heavy atom. The van der Waals surface area contributed by atoms with E-state index in [-0.39, 0.29) is 36.1 Å². The van der Waals surface area contributed by atoms with E-state index in [2.05, 4.69) is 26.6 Å². The average molecular weight is 672 g/mol. The van der Waals surface area contributed by atoms with Crippen molar-refractivity contribution >= 4 is 29.5 Å². The van der Waals surface area contributed by atoms with Gasteiger partial charge in [-0.3, -0.25) is 24.0 Å². The molecule has 0 aliphatic rings. The van der Waals surface area contributed by atoms with Gasteiger partial charge in [0.1, 0.15) is 0 Å². The van der Waals surface area contributed by atoms with Gasteiger partial charge < -0.3 is 54.6 Å². The topological polar surface area (TPSA) is 270 Å². The van der Waals surface area contributed by atoms with Crippen molar-refractivity contribution in [2.24, 2.45) is 33.8 Å². The van der Waals surface area contributed by atoms with Gasteiger partial charge in [-0.25, -0.2) is 0 Å². The van der Waals surface area contributed by atoms with Gasteiger partial charge in [0.05, 0.1) is 24.2 Å². The first kappa shape index (κ1) is 44.1. The van der Waals surface area contributed by atoms with E-state index >= 15 is 0 Å². The summed E-state index contributed by atoms with van der Waals surface area (Å²) in [5, 5.41) is 24.2. The summed E-state index contributed by atoms with van der Waals surface area (Å²) in [5.74, 6) is -1.14. The van der Waals surface area contributed by atoms with Gasteiger partial charge in [-0.15, -0.1) is 0 Å². The van der Waals surface area contributed by atoms with Gasteiger partial charge in [0.25, 0.3) is 0 Å². The van der Waals surface area contributed by atoms with E-state index in [0.29, 0.717) is 96.9 Å². The molecule has 0 fully saturated rings. The highest BCUT2D eigenvalue weighted by atomic mass is 16.3. The first-order valence-corrected chi connectivity index (χ1v) is 17.1. The number of nitrogens with two attached hydrogens (primary N) is 4. The van der Waals surface area contributed by atoms with Crippen molar-refractivity contribution in [2.75, 3.05) is 39.3 Å². The van der Waals surface area contributed by atoms with Crippen molar-refractivity contribution in [3.8, 4) is 0 Å². The van der Waals surface area contributed by atoms with Crippen LogP contribution in [0.3, 0.4) is 0 Å². The van der Waals surface area contributed by atoms with Gasteiger partial charge in [0.15, 0.2) is 0 Å². The van der Waals surface area contributed by atoms with Crippen molar-refractivity contribution in [2.45, 2.75) is 123 Å². The highest BCUT2D eigenvalue weighted by Crippen LogP contribution is 2.37. The third-order valence-corrected chi connectivity index (χ3v) is 8.37. The third-order valence-electron chi connectivity index (χ3n) is 8.37. The minimum absolute atomic E-state index is 0.0576. The average Bonchev–Trinajstić information content (AvgIpc) is 3.03. The van der Waals surface area contributed by atoms with Gasteiger partial charge >= 0.3 is 0 Å². The Morgan fingerprint density at radius 2 is 1.04 bits per heavy atom. The first-order chi connectivity index (χ1) is 22.0. The van der Waals surface area contributed by atoms with Crippen LogP contribution in [0.25, 0.3) is 0 Å². The molecular weight excluding hydrogens is 606 g/mol. The first-order valence-electron chi connectivity index (χ1n) is 17.1. The molecule has 0 rings (SSSR count). The fourth-order valence-corrected chi connectivity index (χ4v) is 5.11. The molecule has 274 valence electrons. The van der Waals surface area contributed by atoms with E-state index in [1.807, 2.05) is 20.8 Å². The van der Waals surface area contributed by atoms with Crippen LogP contribution in [0.15, 0.2) is 0 Å². The van der Waals surface area contributed by atoms with Crippen LogP contribution >= 0.6 is 0 Å². The zero-order valence-electron chi connectivity index (χ0n) is 29.4. The van der Waals surface area contributed by atoms with Crippen LogP contribution in [0.5, 0.6) is 0 Å². The van der Waals surface area contributed by atoms with E-state index in [0.717, 1.165) is 0 Å². The van der Waals surface area contributed by atoms with Crippen molar-refractivity contribution in [3.63, 3.8) is 0 Å². The Hall–Kier alpha value is -2.85. The van der Waals surface area contributed by atoms with Crippen molar-refractivity contribution in [1.82, 2.24) is 26.6 Å². The minimum Gasteiger partial charge on any atom is -0.393 e. The lowest BCUT2D eigenvalue weighted by atomic mass is 9.71. The van der Waals surface area contributed by atoms with Crippen LogP contribution in [0.2, 0.25) is 0 Å². The molecule has 15 heteroatoms. The summed E-state index contributed by atoms with van der Waals surface area (Å²) in [6, 6.07) is -2.04. The molecule has 14 N–H and O–H groups in total. The molecule has 0 radical (unpaired) electrons. The second-order valence-corrected chi connectivity index (χ2v) is 13.2. The summed E-state index contributed by atoms with van der Waals surface area (Å²) >= 11 is 0. The van der Waals surface area contributed by atoms with Gasteiger partial charge in [0, 0.05) is 50.1 Å². The molecule has 0 aliphatic heterocycles. The molecule has 0 saturated heterocycles. The zero-order valence-corrected chi connectivity index (χ0v) is 29.4. The van der Waals surface area contributed by atoms with E-state index in [1.54, 1.807) is 13.8 Å². The highest BCUT2D eigenvalue weighted by Gasteiger charge is 2.40. The number of nitrogens with one attached hydrogen (secondary N) is 5. The summed E-state index contributed by atoms with van der Waals surface area (Å²) in [5.41, 5.74) is 21.2. The summed E-state index contributed by atoms with van der Waals surface area (Å²) in [6.45, 7) is 11.2. The summed E-state index contributed by atoms with van der Waals surface area (Å²) in [7, 11) is 0. The third kappa shape index (κ3) is 18.3. The second-order valence-electron chi connectivity index (χ2n) is 13.2. The Kier molecular flexibility index (Phi) is 22.0. The molecule has 0 heterocycles. The number of rotatable bonds is 26. The lowest BCUT2D eigenvalue weighted by Gasteiger charge is -2.35. The quantitative estimate of drug-likeness (QED) is 0.0493. The summed E-state index contributed by atoms with van der Waals surface area (Å²) in [6.07, 6.45) is 4.52. The van der Waals surface area contributed by atoms with Gasteiger partial charge in [-0.2, -0.15) is 0 Å². The van der Waals surface area contributed by atoms with Crippen molar-refractivity contribution in [1.29, 1.82) is 0 Å². The Balaban J connectivity index is 4.36. The molecule has 47 heavy (non-hydrogen) atoms. The highest BCUT2D eigenvalue weighted by molar-refractivity contribution is 5.86. The maximum Gasteiger partial charge on any atom is 0.238 e. The zero-order chi connectivity index (χ0) is 36.0. The molecule has 0 aromatic heterocycles. The number of hydrogen-bond acceptors (Lipinski definition) is 10. The van der Waals surface area contributed by atoms with Gasteiger partial charge in [-0.05, 0) is 71.1 Å². The molecule has 0 saturated carbocycles. The summed E-state index contributed by atoms with van der Waals surface area (Å²) in [4.78, 5) is 61.8. The predicted molar refractivity (Wildman–Crippen MR) is 183 cm³/mol.